The second kappa shape index (κ2) is 11.6. The van der Waals surface area contributed by atoms with Crippen LogP contribution in [0.5, 0.6) is 11.5 Å². The molecule has 0 spiro atoms. The van der Waals surface area contributed by atoms with Gasteiger partial charge in [0.05, 0.1) is 11.4 Å². The topological polar surface area (TPSA) is 119 Å². The van der Waals surface area contributed by atoms with E-state index in [2.05, 4.69) is 20.9 Å². The van der Waals surface area contributed by atoms with Crippen molar-refractivity contribution in [3.8, 4) is 17.2 Å². The van der Waals surface area contributed by atoms with Gasteiger partial charge in [0, 0.05) is 42.4 Å². The summed E-state index contributed by atoms with van der Waals surface area (Å²) in [5, 5.41) is 13.2. The van der Waals surface area contributed by atoms with E-state index in [-0.39, 0.29) is 17.9 Å². The first-order valence-electron chi connectivity index (χ1n) is 12.0. The van der Waals surface area contributed by atoms with Crippen LogP contribution in [0.25, 0.3) is 5.69 Å². The number of amides is 3. The fourth-order valence-corrected chi connectivity index (χ4v) is 3.50. The fourth-order valence-electron chi connectivity index (χ4n) is 3.50. The lowest BCUT2D eigenvalue weighted by molar-refractivity contribution is -0.119. The Balaban J connectivity index is 1.50. The predicted octanol–water partition coefficient (Wildman–Crippen LogP) is 5.59. The molecular weight excluding hydrogens is 484 g/mol. The molecule has 4 rings (SSSR count). The van der Waals surface area contributed by atoms with E-state index in [0.29, 0.717) is 34.4 Å². The molecule has 38 heavy (non-hydrogen) atoms. The minimum absolute atomic E-state index is 0.0516. The van der Waals surface area contributed by atoms with Gasteiger partial charge in [0.1, 0.15) is 23.9 Å². The van der Waals surface area contributed by atoms with Crippen molar-refractivity contribution < 1.29 is 19.1 Å². The highest BCUT2D eigenvalue weighted by molar-refractivity contribution is 5.99. The van der Waals surface area contributed by atoms with Crippen LogP contribution in [-0.2, 0) is 14.9 Å². The third kappa shape index (κ3) is 6.95. The normalized spacial score (nSPS) is 11.1. The van der Waals surface area contributed by atoms with Crippen LogP contribution in [0.15, 0.2) is 79.1 Å². The van der Waals surface area contributed by atoms with Gasteiger partial charge in [-0.15, -0.1) is 0 Å². The maximum atomic E-state index is 12.9. The fraction of sp³-hybridized carbons (Fsp3) is 0.214. The standard InChI is InChI=1S/C28H30N6O4/c1-28(2,3)24-17-25(34(33-24)21-7-5-6-20(16-21)30-26(35)18-37-4)32-27(36)31-19-8-10-22(11-9-19)38-23-12-14-29-15-13-23/h5-17H,18H2,1-4H3,(H,30,35)(H2,31,32,36). The summed E-state index contributed by atoms with van der Waals surface area (Å²) in [6.45, 7) is 6.07. The molecular formula is C28H30N6O4. The lowest BCUT2D eigenvalue weighted by Gasteiger charge is -2.14. The van der Waals surface area contributed by atoms with Gasteiger partial charge in [-0.05, 0) is 54.6 Å². The number of aromatic nitrogens is 3. The molecule has 2 heterocycles. The first-order chi connectivity index (χ1) is 18.2. The summed E-state index contributed by atoms with van der Waals surface area (Å²) in [7, 11) is 1.46. The number of anilines is 3. The maximum Gasteiger partial charge on any atom is 0.324 e. The van der Waals surface area contributed by atoms with E-state index in [1.54, 1.807) is 71.7 Å². The summed E-state index contributed by atoms with van der Waals surface area (Å²) in [6.07, 6.45) is 3.30. The second-order valence-corrected chi connectivity index (χ2v) is 9.50. The highest BCUT2D eigenvalue weighted by Gasteiger charge is 2.22. The lowest BCUT2D eigenvalue weighted by atomic mass is 9.92. The molecule has 0 bridgehead atoms. The van der Waals surface area contributed by atoms with Gasteiger partial charge in [-0.2, -0.15) is 5.10 Å². The number of ether oxygens (including phenoxy) is 2. The van der Waals surface area contributed by atoms with Crippen LogP contribution in [0.4, 0.5) is 22.0 Å². The molecule has 3 amide bonds. The van der Waals surface area contributed by atoms with Crippen LogP contribution >= 0.6 is 0 Å². The number of benzene rings is 2. The Kier molecular flexibility index (Phi) is 8.03. The first kappa shape index (κ1) is 26.4. The predicted molar refractivity (Wildman–Crippen MR) is 146 cm³/mol. The van der Waals surface area contributed by atoms with E-state index in [1.165, 1.54) is 7.11 Å². The molecule has 0 saturated heterocycles. The van der Waals surface area contributed by atoms with Crippen molar-refractivity contribution >= 4 is 29.1 Å². The van der Waals surface area contributed by atoms with E-state index in [1.807, 2.05) is 32.9 Å². The molecule has 0 unspecified atom stereocenters. The van der Waals surface area contributed by atoms with Crippen LogP contribution in [-0.4, -0.2) is 40.4 Å². The van der Waals surface area contributed by atoms with Gasteiger partial charge in [0.25, 0.3) is 0 Å². The minimum Gasteiger partial charge on any atom is -0.457 e. The summed E-state index contributed by atoms with van der Waals surface area (Å²) in [4.78, 5) is 28.8. The highest BCUT2D eigenvalue weighted by atomic mass is 16.5. The van der Waals surface area contributed by atoms with Gasteiger partial charge >= 0.3 is 6.03 Å². The molecule has 0 saturated carbocycles. The number of carbonyl (C=O) groups excluding carboxylic acids is 2. The third-order valence-corrected chi connectivity index (χ3v) is 5.37. The Morgan fingerprint density at radius 3 is 2.26 bits per heavy atom. The smallest absolute Gasteiger partial charge is 0.324 e. The number of hydrogen-bond acceptors (Lipinski definition) is 6. The first-order valence-corrected chi connectivity index (χ1v) is 12.0. The zero-order valence-electron chi connectivity index (χ0n) is 21.7. The molecule has 0 aliphatic carbocycles. The zero-order chi connectivity index (χ0) is 27.1. The number of urea groups is 1. The summed E-state index contributed by atoms with van der Waals surface area (Å²) >= 11 is 0. The van der Waals surface area contributed by atoms with Crippen LogP contribution in [0.1, 0.15) is 26.5 Å². The quantitative estimate of drug-likeness (QED) is 0.282. The van der Waals surface area contributed by atoms with Gasteiger partial charge in [-0.1, -0.05) is 26.8 Å². The average Bonchev–Trinajstić information content (AvgIpc) is 3.30. The highest BCUT2D eigenvalue weighted by Crippen LogP contribution is 2.28. The summed E-state index contributed by atoms with van der Waals surface area (Å²) in [5.41, 5.74) is 2.38. The Morgan fingerprint density at radius 1 is 0.868 bits per heavy atom. The second-order valence-electron chi connectivity index (χ2n) is 9.50. The molecule has 10 heteroatoms. The Bertz CT molecular complexity index is 1400. The monoisotopic (exact) mass is 514 g/mol. The number of carbonyl (C=O) groups is 2. The van der Waals surface area contributed by atoms with Gasteiger partial charge in [0.2, 0.25) is 5.91 Å². The van der Waals surface area contributed by atoms with Crippen molar-refractivity contribution in [2.24, 2.45) is 0 Å². The molecule has 2 aromatic carbocycles. The largest absolute Gasteiger partial charge is 0.457 e. The van der Waals surface area contributed by atoms with E-state index in [0.717, 1.165) is 5.69 Å². The van der Waals surface area contributed by atoms with E-state index >= 15 is 0 Å². The molecule has 0 aliphatic heterocycles. The van der Waals surface area contributed by atoms with Crippen LogP contribution in [0, 0.1) is 0 Å². The molecule has 3 N–H and O–H groups in total. The number of methoxy groups -OCH3 is 1. The Morgan fingerprint density at radius 2 is 1.58 bits per heavy atom. The number of nitrogens with one attached hydrogen (secondary N) is 3. The van der Waals surface area contributed by atoms with Crippen molar-refractivity contribution in [3.05, 3.63) is 84.8 Å². The molecule has 10 nitrogen and oxygen atoms in total. The summed E-state index contributed by atoms with van der Waals surface area (Å²) in [6, 6.07) is 19.1. The van der Waals surface area contributed by atoms with Gasteiger partial charge < -0.3 is 20.1 Å². The van der Waals surface area contributed by atoms with Crippen molar-refractivity contribution in [1.29, 1.82) is 0 Å². The van der Waals surface area contributed by atoms with E-state index in [9.17, 15) is 9.59 Å². The molecule has 0 radical (unpaired) electrons. The molecule has 0 atom stereocenters. The van der Waals surface area contributed by atoms with Gasteiger partial charge in [-0.25, -0.2) is 9.48 Å². The Hall–Kier alpha value is -4.70. The van der Waals surface area contributed by atoms with Crippen molar-refractivity contribution in [2.75, 3.05) is 29.7 Å². The van der Waals surface area contributed by atoms with Crippen molar-refractivity contribution in [1.82, 2.24) is 14.8 Å². The maximum absolute atomic E-state index is 12.9. The summed E-state index contributed by atoms with van der Waals surface area (Å²) < 4.78 is 12.3. The SMILES string of the molecule is COCC(=O)Nc1cccc(-n2nc(C(C)(C)C)cc2NC(=O)Nc2ccc(Oc3ccncc3)cc2)c1. The molecule has 0 fully saturated rings. The molecule has 0 aliphatic rings. The van der Waals surface area contributed by atoms with E-state index < -0.39 is 6.03 Å². The number of nitrogens with zero attached hydrogens (tertiary/aromatic N) is 3. The number of hydrogen-bond donors (Lipinski definition) is 3. The molecule has 196 valence electrons. The molecule has 4 aromatic rings. The van der Waals surface area contributed by atoms with Crippen molar-refractivity contribution in [2.45, 2.75) is 26.2 Å². The van der Waals surface area contributed by atoms with Crippen molar-refractivity contribution in [3.63, 3.8) is 0 Å². The Labute approximate surface area is 221 Å². The third-order valence-electron chi connectivity index (χ3n) is 5.37. The van der Waals surface area contributed by atoms with Crippen LogP contribution in [0.2, 0.25) is 0 Å². The van der Waals surface area contributed by atoms with Crippen LogP contribution < -0.4 is 20.7 Å². The van der Waals surface area contributed by atoms with Gasteiger partial charge in [0.15, 0.2) is 0 Å². The zero-order valence-corrected chi connectivity index (χ0v) is 21.7. The molecule has 2 aromatic heterocycles. The van der Waals surface area contributed by atoms with E-state index in [4.69, 9.17) is 14.6 Å². The summed E-state index contributed by atoms with van der Waals surface area (Å²) in [5.74, 6) is 1.51. The van der Waals surface area contributed by atoms with Crippen LogP contribution in [0.3, 0.4) is 0 Å². The van der Waals surface area contributed by atoms with Gasteiger partial charge in [-0.3, -0.25) is 15.1 Å². The average molecular weight is 515 g/mol. The minimum atomic E-state index is -0.432. The number of rotatable bonds is 8. The lowest BCUT2D eigenvalue weighted by Crippen LogP contribution is -2.21. The number of pyridine rings is 1.